The lowest BCUT2D eigenvalue weighted by molar-refractivity contribution is 0.337. The molecule has 5 heteroatoms. The van der Waals surface area contributed by atoms with Crippen LogP contribution in [-0.4, -0.2) is 42.7 Å². The summed E-state index contributed by atoms with van der Waals surface area (Å²) < 4.78 is 6.72. The van der Waals surface area contributed by atoms with Crippen molar-refractivity contribution in [2.45, 2.75) is 26.2 Å². The van der Waals surface area contributed by atoms with E-state index in [0.29, 0.717) is 6.61 Å². The summed E-state index contributed by atoms with van der Waals surface area (Å²) in [7, 11) is 0. The molecule has 1 fully saturated rings. The van der Waals surface area contributed by atoms with Gasteiger partial charge in [-0.15, -0.1) is 0 Å². The fourth-order valence-electron chi connectivity index (χ4n) is 2.74. The van der Waals surface area contributed by atoms with Crippen LogP contribution in [0.1, 0.15) is 26.2 Å². The predicted molar refractivity (Wildman–Crippen MR) is 89.6 cm³/mol. The molecular weight excluding hydrogens is 282 g/mol. The molecule has 0 aliphatic carbocycles. The van der Waals surface area contributed by atoms with E-state index in [0.717, 1.165) is 22.9 Å². The van der Waals surface area contributed by atoms with Gasteiger partial charge in [0.15, 0.2) is 5.13 Å². The Morgan fingerprint density at radius 2 is 2.19 bits per heavy atom. The van der Waals surface area contributed by atoms with Crippen LogP contribution in [0, 0.1) is 0 Å². The number of nitrogens with zero attached hydrogens (tertiary/aromatic N) is 2. The molecule has 1 aromatic heterocycles. The van der Waals surface area contributed by atoms with Gasteiger partial charge in [-0.05, 0) is 64.0 Å². The molecule has 0 atom stereocenters. The van der Waals surface area contributed by atoms with Gasteiger partial charge in [-0.2, -0.15) is 0 Å². The maximum absolute atomic E-state index is 5.53. The summed E-state index contributed by atoms with van der Waals surface area (Å²) in [6, 6.07) is 6.10. The van der Waals surface area contributed by atoms with Crippen LogP contribution in [-0.2, 0) is 0 Å². The quantitative estimate of drug-likeness (QED) is 0.793. The Labute approximate surface area is 130 Å². The average Bonchev–Trinajstić information content (AvgIpc) is 3.12. The molecule has 1 saturated heterocycles. The number of fused-ring (bicyclic) bond motifs is 1. The predicted octanol–water partition coefficient (Wildman–Crippen LogP) is 3.59. The summed E-state index contributed by atoms with van der Waals surface area (Å²) in [4.78, 5) is 7.17. The van der Waals surface area contributed by atoms with Crippen molar-refractivity contribution < 1.29 is 4.74 Å². The van der Waals surface area contributed by atoms with Crippen molar-refractivity contribution in [1.29, 1.82) is 0 Å². The fourth-order valence-corrected chi connectivity index (χ4v) is 3.66. The normalized spacial score (nSPS) is 15.7. The van der Waals surface area contributed by atoms with Gasteiger partial charge in [0.2, 0.25) is 0 Å². The minimum atomic E-state index is 0.700. The van der Waals surface area contributed by atoms with Gasteiger partial charge in [0, 0.05) is 6.54 Å². The van der Waals surface area contributed by atoms with Crippen molar-refractivity contribution in [3.8, 4) is 5.75 Å². The van der Waals surface area contributed by atoms with Gasteiger partial charge in [0.25, 0.3) is 0 Å². The van der Waals surface area contributed by atoms with Crippen molar-refractivity contribution >= 4 is 26.7 Å². The first-order chi connectivity index (χ1) is 10.3. The lowest BCUT2D eigenvalue weighted by Gasteiger charge is -2.13. The highest BCUT2D eigenvalue weighted by atomic mass is 32.1. The van der Waals surface area contributed by atoms with Crippen molar-refractivity contribution in [3.05, 3.63) is 18.2 Å². The first kappa shape index (κ1) is 14.6. The van der Waals surface area contributed by atoms with Gasteiger partial charge in [-0.1, -0.05) is 11.3 Å². The number of hydrogen-bond donors (Lipinski definition) is 1. The van der Waals surface area contributed by atoms with Crippen LogP contribution >= 0.6 is 11.3 Å². The first-order valence-corrected chi connectivity index (χ1v) is 8.66. The molecule has 0 amide bonds. The number of ether oxygens (including phenoxy) is 1. The van der Waals surface area contributed by atoms with E-state index in [1.165, 1.54) is 43.6 Å². The van der Waals surface area contributed by atoms with E-state index in [1.54, 1.807) is 11.3 Å². The third-order valence-electron chi connectivity index (χ3n) is 3.80. The molecule has 2 heterocycles. The number of thiazole rings is 1. The second kappa shape index (κ2) is 7.09. The van der Waals surface area contributed by atoms with Crippen LogP contribution in [0.25, 0.3) is 10.2 Å². The standard InChI is InChI=1S/C16H23N3OS/c1-2-20-13-6-7-14-15(12-13)21-16(18-14)17-8-5-11-19-9-3-4-10-19/h6-7,12H,2-5,8-11H2,1H3,(H,17,18). The third kappa shape index (κ3) is 3.86. The smallest absolute Gasteiger partial charge is 0.183 e. The van der Waals surface area contributed by atoms with Crippen molar-refractivity contribution in [2.75, 3.05) is 38.1 Å². The Kier molecular flexibility index (Phi) is 4.93. The van der Waals surface area contributed by atoms with Gasteiger partial charge >= 0.3 is 0 Å². The van der Waals surface area contributed by atoms with Gasteiger partial charge in [-0.3, -0.25) is 0 Å². The van der Waals surface area contributed by atoms with Crippen LogP contribution < -0.4 is 10.1 Å². The molecule has 1 aliphatic heterocycles. The molecule has 0 bridgehead atoms. The Bertz CT molecular complexity index is 578. The van der Waals surface area contributed by atoms with Crippen LogP contribution in [0.5, 0.6) is 5.75 Å². The van der Waals surface area contributed by atoms with E-state index in [2.05, 4.69) is 21.3 Å². The molecule has 21 heavy (non-hydrogen) atoms. The molecule has 114 valence electrons. The topological polar surface area (TPSA) is 37.4 Å². The number of anilines is 1. The van der Waals surface area contributed by atoms with Crippen molar-refractivity contribution in [1.82, 2.24) is 9.88 Å². The molecular formula is C16H23N3OS. The second-order valence-electron chi connectivity index (χ2n) is 5.41. The summed E-state index contributed by atoms with van der Waals surface area (Å²) in [5.74, 6) is 0.925. The first-order valence-electron chi connectivity index (χ1n) is 7.85. The van der Waals surface area contributed by atoms with E-state index in [9.17, 15) is 0 Å². The molecule has 0 spiro atoms. The molecule has 1 aromatic carbocycles. The number of aromatic nitrogens is 1. The summed E-state index contributed by atoms with van der Waals surface area (Å²) in [5.41, 5.74) is 1.05. The summed E-state index contributed by atoms with van der Waals surface area (Å²) in [6.07, 6.45) is 3.92. The van der Waals surface area contributed by atoms with Gasteiger partial charge in [0.05, 0.1) is 16.8 Å². The maximum atomic E-state index is 5.53. The molecule has 2 aromatic rings. The zero-order chi connectivity index (χ0) is 14.5. The highest BCUT2D eigenvalue weighted by molar-refractivity contribution is 7.22. The number of likely N-dealkylation sites (tertiary alicyclic amines) is 1. The molecule has 0 saturated carbocycles. The Morgan fingerprint density at radius 1 is 1.33 bits per heavy atom. The summed E-state index contributed by atoms with van der Waals surface area (Å²) in [5, 5.41) is 4.46. The molecule has 3 rings (SSSR count). The van der Waals surface area contributed by atoms with Crippen molar-refractivity contribution in [2.24, 2.45) is 0 Å². The Morgan fingerprint density at radius 3 is 3.00 bits per heavy atom. The number of rotatable bonds is 7. The largest absolute Gasteiger partial charge is 0.494 e. The molecule has 1 N–H and O–H groups in total. The fraction of sp³-hybridized carbons (Fsp3) is 0.562. The van der Waals surface area contributed by atoms with E-state index >= 15 is 0 Å². The minimum Gasteiger partial charge on any atom is -0.494 e. The van der Waals surface area contributed by atoms with Gasteiger partial charge in [-0.25, -0.2) is 4.98 Å². The minimum absolute atomic E-state index is 0.700. The molecule has 0 radical (unpaired) electrons. The number of benzene rings is 1. The molecule has 0 unspecified atom stereocenters. The van der Waals surface area contributed by atoms with Crippen LogP contribution in [0.3, 0.4) is 0 Å². The van der Waals surface area contributed by atoms with Gasteiger partial charge in [0.1, 0.15) is 5.75 Å². The third-order valence-corrected chi connectivity index (χ3v) is 4.77. The average molecular weight is 305 g/mol. The summed E-state index contributed by atoms with van der Waals surface area (Å²) >= 11 is 1.70. The van der Waals surface area contributed by atoms with Gasteiger partial charge < -0.3 is 15.0 Å². The highest BCUT2D eigenvalue weighted by Crippen LogP contribution is 2.29. The van der Waals surface area contributed by atoms with E-state index in [4.69, 9.17) is 4.74 Å². The molecule has 1 aliphatic rings. The number of nitrogens with one attached hydrogen (secondary N) is 1. The lowest BCUT2D eigenvalue weighted by Crippen LogP contribution is -2.22. The zero-order valence-corrected chi connectivity index (χ0v) is 13.4. The molecule has 4 nitrogen and oxygen atoms in total. The Hall–Kier alpha value is -1.33. The van der Waals surface area contributed by atoms with Crippen LogP contribution in [0.15, 0.2) is 18.2 Å². The van der Waals surface area contributed by atoms with E-state index < -0.39 is 0 Å². The maximum Gasteiger partial charge on any atom is 0.183 e. The van der Waals surface area contributed by atoms with Crippen LogP contribution in [0.2, 0.25) is 0 Å². The number of hydrogen-bond acceptors (Lipinski definition) is 5. The zero-order valence-electron chi connectivity index (χ0n) is 12.6. The SMILES string of the molecule is CCOc1ccc2nc(NCCCN3CCCC3)sc2c1. The lowest BCUT2D eigenvalue weighted by atomic mass is 10.3. The van der Waals surface area contributed by atoms with E-state index in [-0.39, 0.29) is 0 Å². The summed E-state index contributed by atoms with van der Waals surface area (Å²) in [6.45, 7) is 7.46. The second-order valence-corrected chi connectivity index (χ2v) is 6.44. The Balaban J connectivity index is 1.51. The van der Waals surface area contributed by atoms with Crippen LogP contribution in [0.4, 0.5) is 5.13 Å². The highest BCUT2D eigenvalue weighted by Gasteiger charge is 2.10. The monoisotopic (exact) mass is 305 g/mol. The van der Waals surface area contributed by atoms with E-state index in [1.807, 2.05) is 19.1 Å². The van der Waals surface area contributed by atoms with Crippen molar-refractivity contribution in [3.63, 3.8) is 0 Å².